The molecule has 4 nitrogen and oxygen atoms in total. The van der Waals surface area contributed by atoms with Crippen molar-refractivity contribution in [3.63, 3.8) is 0 Å². The Morgan fingerprint density at radius 1 is 1.30 bits per heavy atom. The van der Waals surface area contributed by atoms with Crippen LogP contribution in [0, 0.1) is 0 Å². The molecule has 1 aromatic rings. The lowest BCUT2D eigenvalue weighted by Gasteiger charge is -2.43. The van der Waals surface area contributed by atoms with Gasteiger partial charge >= 0.3 is 0 Å². The van der Waals surface area contributed by atoms with Crippen LogP contribution >= 0.6 is 23.4 Å². The van der Waals surface area contributed by atoms with Crippen molar-refractivity contribution in [1.29, 1.82) is 0 Å². The number of unbranched alkanes of at least 4 members (excludes halogenated alkanes) is 1. The monoisotopic (exact) mass is 406 g/mol. The van der Waals surface area contributed by atoms with E-state index in [0.717, 1.165) is 42.6 Å². The van der Waals surface area contributed by atoms with Crippen molar-refractivity contribution < 1.29 is 9.59 Å². The Hall–Kier alpha value is -1.46. The first-order valence-corrected chi connectivity index (χ1v) is 11.1. The molecule has 1 N–H and O–H groups in total. The summed E-state index contributed by atoms with van der Waals surface area (Å²) in [5.41, 5.74) is 0.955. The summed E-state index contributed by atoms with van der Waals surface area (Å²) in [6.07, 6.45) is 8.32. The van der Waals surface area contributed by atoms with Crippen LogP contribution in [0.1, 0.15) is 51.0 Å². The van der Waals surface area contributed by atoms with Crippen molar-refractivity contribution in [2.45, 2.75) is 56.7 Å². The molecule has 1 saturated carbocycles. The minimum absolute atomic E-state index is 0.0243. The number of benzene rings is 1. The third-order valence-electron chi connectivity index (χ3n) is 5.15. The summed E-state index contributed by atoms with van der Waals surface area (Å²) in [4.78, 5) is 28.0. The van der Waals surface area contributed by atoms with Gasteiger partial charge in [0.25, 0.3) is 5.91 Å². The van der Waals surface area contributed by atoms with Crippen LogP contribution in [0.5, 0.6) is 0 Å². The average Bonchev–Trinajstić information content (AvgIpc) is 2.67. The van der Waals surface area contributed by atoms with Gasteiger partial charge in [0.15, 0.2) is 0 Å². The molecule has 27 heavy (non-hydrogen) atoms. The number of fused-ring (bicyclic) bond motifs is 1. The summed E-state index contributed by atoms with van der Waals surface area (Å²) in [5, 5.41) is 4.00. The van der Waals surface area contributed by atoms with E-state index in [1.54, 1.807) is 11.8 Å². The number of carbonyl (C=O) groups is 2. The van der Waals surface area contributed by atoms with Gasteiger partial charge in [-0.1, -0.05) is 49.9 Å². The van der Waals surface area contributed by atoms with Crippen molar-refractivity contribution in [1.82, 2.24) is 10.2 Å². The zero-order valence-electron chi connectivity index (χ0n) is 15.7. The maximum atomic E-state index is 13.1. The van der Waals surface area contributed by atoms with Crippen LogP contribution in [0.2, 0.25) is 5.02 Å². The van der Waals surface area contributed by atoms with Crippen molar-refractivity contribution in [2.75, 3.05) is 13.1 Å². The van der Waals surface area contributed by atoms with Crippen LogP contribution in [-0.4, -0.2) is 41.1 Å². The minimum atomic E-state index is -0.0566. The lowest BCUT2D eigenvalue weighted by atomic mass is 9.93. The van der Waals surface area contributed by atoms with Gasteiger partial charge in [0.2, 0.25) is 5.91 Å². The normalized spacial score (nSPS) is 24.0. The summed E-state index contributed by atoms with van der Waals surface area (Å²) >= 11 is 7.64. The van der Waals surface area contributed by atoms with Crippen molar-refractivity contribution in [3.8, 4) is 0 Å². The van der Waals surface area contributed by atoms with Crippen LogP contribution < -0.4 is 5.32 Å². The lowest BCUT2D eigenvalue weighted by molar-refractivity contribution is -0.135. The molecule has 0 radical (unpaired) electrons. The predicted molar refractivity (Wildman–Crippen MR) is 113 cm³/mol. The van der Waals surface area contributed by atoms with Gasteiger partial charge in [-0.25, -0.2) is 0 Å². The molecule has 2 amide bonds. The van der Waals surface area contributed by atoms with E-state index in [0.29, 0.717) is 16.8 Å². The molecule has 0 bridgehead atoms. The SMILES string of the molecule is CCCCNC(=O)CN1C(=O)/C(=C\c2ccc(Cl)cc2)SC2CCCCC21. The number of nitrogens with zero attached hydrogens (tertiary/aromatic N) is 1. The lowest BCUT2D eigenvalue weighted by Crippen LogP contribution is -2.54. The first-order valence-electron chi connectivity index (χ1n) is 9.80. The zero-order valence-corrected chi connectivity index (χ0v) is 17.3. The molecule has 2 unspecified atom stereocenters. The Kier molecular flexibility index (Phi) is 7.25. The highest BCUT2D eigenvalue weighted by molar-refractivity contribution is 8.04. The first-order chi connectivity index (χ1) is 13.1. The Balaban J connectivity index is 1.77. The smallest absolute Gasteiger partial charge is 0.261 e. The summed E-state index contributed by atoms with van der Waals surface area (Å²) < 4.78 is 0. The van der Waals surface area contributed by atoms with Crippen LogP contribution in [-0.2, 0) is 9.59 Å². The Morgan fingerprint density at radius 2 is 2.04 bits per heavy atom. The second-order valence-corrected chi connectivity index (χ2v) is 8.92. The van der Waals surface area contributed by atoms with E-state index in [1.807, 2.05) is 35.2 Å². The maximum absolute atomic E-state index is 13.1. The van der Waals surface area contributed by atoms with Crippen molar-refractivity contribution in [3.05, 3.63) is 39.8 Å². The molecule has 1 aliphatic carbocycles. The van der Waals surface area contributed by atoms with E-state index in [1.165, 1.54) is 6.42 Å². The molecule has 146 valence electrons. The van der Waals surface area contributed by atoms with E-state index >= 15 is 0 Å². The van der Waals surface area contributed by atoms with Crippen molar-refractivity contribution in [2.24, 2.45) is 0 Å². The van der Waals surface area contributed by atoms with Crippen LogP contribution in [0.15, 0.2) is 29.2 Å². The van der Waals surface area contributed by atoms with E-state index in [4.69, 9.17) is 11.6 Å². The molecular formula is C21H27ClN2O2S. The molecule has 1 aromatic carbocycles. The number of hydrogen-bond acceptors (Lipinski definition) is 3. The third-order valence-corrected chi connectivity index (χ3v) is 6.80. The molecule has 1 aliphatic heterocycles. The Bertz CT molecular complexity index is 705. The number of nitrogens with one attached hydrogen (secondary N) is 1. The van der Waals surface area contributed by atoms with Gasteiger partial charge in [0.05, 0.1) is 4.91 Å². The molecule has 2 fully saturated rings. The largest absolute Gasteiger partial charge is 0.355 e. The molecule has 1 heterocycles. The summed E-state index contributed by atoms with van der Waals surface area (Å²) in [6.45, 7) is 2.92. The summed E-state index contributed by atoms with van der Waals surface area (Å²) in [6, 6.07) is 7.65. The van der Waals surface area contributed by atoms with Gasteiger partial charge in [-0.2, -0.15) is 0 Å². The highest BCUT2D eigenvalue weighted by Gasteiger charge is 2.41. The van der Waals surface area contributed by atoms with Gasteiger partial charge in [0, 0.05) is 22.9 Å². The van der Waals surface area contributed by atoms with Crippen LogP contribution in [0.25, 0.3) is 6.08 Å². The van der Waals surface area contributed by atoms with E-state index in [9.17, 15) is 9.59 Å². The Labute approximate surface area is 170 Å². The fourth-order valence-electron chi connectivity index (χ4n) is 3.69. The molecule has 1 saturated heterocycles. The molecule has 0 aromatic heterocycles. The maximum Gasteiger partial charge on any atom is 0.261 e. The second-order valence-electron chi connectivity index (χ2n) is 7.20. The van der Waals surface area contributed by atoms with Crippen LogP contribution in [0.3, 0.4) is 0 Å². The van der Waals surface area contributed by atoms with E-state index in [-0.39, 0.29) is 24.4 Å². The third kappa shape index (κ3) is 5.29. The van der Waals surface area contributed by atoms with Crippen LogP contribution in [0.4, 0.5) is 0 Å². The highest BCUT2D eigenvalue weighted by atomic mass is 35.5. The second kappa shape index (κ2) is 9.65. The number of amides is 2. The average molecular weight is 407 g/mol. The fraction of sp³-hybridized carbons (Fsp3) is 0.524. The van der Waals surface area contributed by atoms with Gasteiger partial charge in [-0.3, -0.25) is 9.59 Å². The molecule has 6 heteroatoms. The predicted octanol–water partition coefficient (Wildman–Crippen LogP) is 4.48. The molecular weight excluding hydrogens is 380 g/mol. The molecule has 3 rings (SSSR count). The Morgan fingerprint density at radius 3 is 2.78 bits per heavy atom. The number of hydrogen-bond donors (Lipinski definition) is 1. The summed E-state index contributed by atoms with van der Waals surface area (Å²) in [7, 11) is 0. The highest BCUT2D eigenvalue weighted by Crippen LogP contribution is 2.42. The van der Waals surface area contributed by atoms with Crippen molar-refractivity contribution >= 4 is 41.3 Å². The number of halogens is 1. The minimum Gasteiger partial charge on any atom is -0.355 e. The zero-order chi connectivity index (χ0) is 19.2. The van der Waals surface area contributed by atoms with E-state index < -0.39 is 0 Å². The molecule has 2 aliphatic rings. The van der Waals surface area contributed by atoms with Gasteiger partial charge in [-0.05, 0) is 43.0 Å². The number of carbonyl (C=O) groups excluding carboxylic acids is 2. The summed E-state index contributed by atoms with van der Waals surface area (Å²) in [5.74, 6) is -0.0809. The standard InChI is InChI=1S/C21H27ClN2O2S/c1-2-3-12-23-20(25)14-24-17-6-4-5-7-18(17)27-19(21(24)26)13-15-8-10-16(22)11-9-15/h8-11,13,17-18H,2-7,12,14H2,1H3,(H,23,25)/b19-13+. The number of rotatable bonds is 6. The number of thioether (sulfide) groups is 1. The van der Waals surface area contributed by atoms with Gasteiger partial charge in [0.1, 0.15) is 6.54 Å². The van der Waals surface area contributed by atoms with Gasteiger partial charge in [-0.15, -0.1) is 11.8 Å². The molecule has 0 spiro atoms. The molecule has 2 atom stereocenters. The fourth-order valence-corrected chi connectivity index (χ4v) is 5.29. The van der Waals surface area contributed by atoms with Gasteiger partial charge < -0.3 is 10.2 Å². The first kappa shape index (κ1) is 20.3. The topological polar surface area (TPSA) is 49.4 Å². The van der Waals surface area contributed by atoms with E-state index in [2.05, 4.69) is 12.2 Å². The quantitative estimate of drug-likeness (QED) is 0.559.